The first-order chi connectivity index (χ1) is 18.0. The number of thiocarbonyl (C=S) groups is 1. The third-order valence-electron chi connectivity index (χ3n) is 9.05. The maximum absolute atomic E-state index is 6.42. The molecule has 2 nitrogen and oxygen atoms in total. The first kappa shape index (κ1) is 36.1. The molecule has 0 spiro atoms. The van der Waals surface area contributed by atoms with Crippen molar-refractivity contribution in [1.29, 1.82) is 0 Å². The van der Waals surface area contributed by atoms with Crippen molar-refractivity contribution in [1.82, 2.24) is 4.90 Å². The van der Waals surface area contributed by atoms with Crippen LogP contribution in [0.15, 0.2) is 7.68 Å². The van der Waals surface area contributed by atoms with Crippen LogP contribution in [0.5, 0.6) is 0 Å². The molecule has 1 aliphatic heterocycles. The molecule has 0 N–H and O–H groups in total. The van der Waals surface area contributed by atoms with Gasteiger partial charge < -0.3 is 0 Å². The summed E-state index contributed by atoms with van der Waals surface area (Å²) in [6.45, 7) is 17.5. The third-order valence-corrected chi connectivity index (χ3v) is 59.9. The van der Waals surface area contributed by atoms with Crippen LogP contribution in [0.4, 0.5) is 0 Å². The van der Waals surface area contributed by atoms with Gasteiger partial charge >= 0.3 is 249 Å². The second kappa shape index (κ2) is 21.7. The summed E-state index contributed by atoms with van der Waals surface area (Å²) in [7, 11) is 0. The molecule has 0 aromatic carbocycles. The molecule has 0 saturated carbocycles. The van der Waals surface area contributed by atoms with Crippen molar-refractivity contribution >= 4 is 54.1 Å². The van der Waals surface area contributed by atoms with Gasteiger partial charge in [0.05, 0.1) is 0 Å². The van der Waals surface area contributed by atoms with Crippen LogP contribution in [-0.2, 0) is 4.74 Å². The average molecular weight is 749 g/mol. The van der Waals surface area contributed by atoms with Crippen molar-refractivity contribution in [2.24, 2.45) is 0 Å². The number of ether oxygens (including phenoxy) is 1. The van der Waals surface area contributed by atoms with E-state index < -0.39 is 36.8 Å². The van der Waals surface area contributed by atoms with Gasteiger partial charge in [-0.2, -0.15) is 0 Å². The molecule has 0 aromatic heterocycles. The fraction of sp³-hybridized carbons (Fsp3) is 0.906. The molecule has 0 atom stereocenters. The van der Waals surface area contributed by atoms with Gasteiger partial charge in [-0.25, -0.2) is 0 Å². The summed E-state index contributed by atoms with van der Waals surface area (Å²) in [6, 6.07) is 0. The normalized spacial score (nSPS) is 14.3. The second-order valence-electron chi connectivity index (χ2n) is 12.1. The third kappa shape index (κ3) is 12.6. The Labute approximate surface area is 247 Å². The van der Waals surface area contributed by atoms with Gasteiger partial charge in [0, 0.05) is 0 Å². The van der Waals surface area contributed by atoms with E-state index in [-0.39, 0.29) is 0 Å². The zero-order valence-electron chi connectivity index (χ0n) is 26.1. The Morgan fingerprint density at radius 3 is 1.24 bits per heavy atom. The Balaban J connectivity index is 3.61. The van der Waals surface area contributed by atoms with E-state index in [0.29, 0.717) is 0 Å². The molecule has 0 aromatic rings. The minimum absolute atomic E-state index is 0.761. The van der Waals surface area contributed by atoms with Gasteiger partial charge in [0.1, 0.15) is 0 Å². The number of unbranched alkanes of at least 4 members (excludes halogenated alkanes) is 6. The molecule has 218 valence electrons. The molecule has 0 radical (unpaired) electrons. The molecular formula is C32H65NOSSn2. The van der Waals surface area contributed by atoms with Crippen molar-refractivity contribution < 1.29 is 4.74 Å². The van der Waals surface area contributed by atoms with Crippen molar-refractivity contribution in [3.63, 3.8) is 0 Å². The summed E-state index contributed by atoms with van der Waals surface area (Å²) >= 11 is 0.648. The van der Waals surface area contributed by atoms with Crippen molar-refractivity contribution in [2.75, 3.05) is 19.7 Å². The molecule has 37 heavy (non-hydrogen) atoms. The molecule has 1 fully saturated rings. The van der Waals surface area contributed by atoms with Gasteiger partial charge in [0.25, 0.3) is 0 Å². The second-order valence-corrected chi connectivity index (χ2v) is 42.7. The zero-order chi connectivity index (χ0) is 27.4. The Hall–Kier alpha value is 1.03. The van der Waals surface area contributed by atoms with Crippen LogP contribution in [0.3, 0.4) is 0 Å². The summed E-state index contributed by atoms with van der Waals surface area (Å²) in [5.41, 5.74) is 0. The van der Waals surface area contributed by atoms with E-state index in [1.165, 1.54) is 89.9 Å². The van der Waals surface area contributed by atoms with E-state index in [1.807, 2.05) is 0 Å². The van der Waals surface area contributed by atoms with E-state index in [0.717, 1.165) is 24.9 Å². The van der Waals surface area contributed by atoms with E-state index in [9.17, 15) is 0 Å². The molecule has 0 amide bonds. The molecule has 1 heterocycles. The number of likely N-dealkylation sites (tertiary alicyclic amines) is 1. The van der Waals surface area contributed by atoms with E-state index in [1.54, 1.807) is 26.6 Å². The predicted octanol–water partition coefficient (Wildman–Crippen LogP) is 11.1. The minimum atomic E-state index is -2.57. The Kier molecular flexibility index (Phi) is 21.2. The molecule has 1 aliphatic rings. The van der Waals surface area contributed by atoms with Crippen LogP contribution < -0.4 is 0 Å². The van der Waals surface area contributed by atoms with Gasteiger partial charge in [-0.1, -0.05) is 0 Å². The molecule has 0 bridgehead atoms. The molecule has 0 aliphatic carbocycles. The Bertz CT molecular complexity index is 540. The van der Waals surface area contributed by atoms with Crippen LogP contribution in [0.2, 0.25) is 26.6 Å². The first-order valence-corrected chi connectivity index (χ1v) is 32.0. The van der Waals surface area contributed by atoms with E-state index in [2.05, 4.69) is 54.1 Å². The van der Waals surface area contributed by atoms with Gasteiger partial charge in [-0.3, -0.25) is 0 Å². The monoisotopic (exact) mass is 751 g/mol. The summed E-state index contributed by atoms with van der Waals surface area (Å²) in [5, 5.41) is 0.779. The summed E-state index contributed by atoms with van der Waals surface area (Å²) in [6.07, 6.45) is 22.3. The van der Waals surface area contributed by atoms with Crippen LogP contribution in [0.1, 0.15) is 131 Å². The molecule has 1 rings (SSSR count). The zero-order valence-corrected chi connectivity index (χ0v) is 32.6. The Morgan fingerprint density at radius 1 is 0.622 bits per heavy atom. The standard InChI is InChI=1S/C8H11NOS.6C4H9.2Sn/c1-2-7-10-8(11)9-5-3-4-6-9;6*1-3-4-2;;/h2H,3-7H2;6*1,3-4H2,2H3;;. The van der Waals surface area contributed by atoms with Crippen molar-refractivity contribution in [2.45, 2.75) is 158 Å². The number of hydrogen-bond donors (Lipinski definition) is 0. The Morgan fingerprint density at radius 2 is 0.946 bits per heavy atom. The average Bonchev–Trinajstić information content (AvgIpc) is 3.46. The van der Waals surface area contributed by atoms with Crippen LogP contribution >= 0.6 is 12.2 Å². The summed E-state index contributed by atoms with van der Waals surface area (Å²) < 4.78 is 18.3. The maximum atomic E-state index is 6.42. The molecule has 1 saturated heterocycles. The van der Waals surface area contributed by atoms with E-state index in [4.69, 9.17) is 17.0 Å². The van der Waals surface area contributed by atoms with E-state index >= 15 is 0 Å². The number of rotatable bonds is 22. The topological polar surface area (TPSA) is 12.5 Å². The van der Waals surface area contributed by atoms with Gasteiger partial charge in [0.15, 0.2) is 0 Å². The van der Waals surface area contributed by atoms with Gasteiger partial charge in [-0.15, -0.1) is 0 Å². The van der Waals surface area contributed by atoms with Crippen LogP contribution in [-0.4, -0.2) is 66.5 Å². The van der Waals surface area contributed by atoms with Crippen molar-refractivity contribution in [3.8, 4) is 0 Å². The number of hydrogen-bond acceptors (Lipinski definition) is 2. The molecular weight excluding hydrogens is 684 g/mol. The quantitative estimate of drug-likeness (QED) is 0.0808. The first-order valence-electron chi connectivity index (χ1n) is 16.6. The van der Waals surface area contributed by atoms with Crippen LogP contribution in [0.25, 0.3) is 0 Å². The summed E-state index contributed by atoms with van der Waals surface area (Å²) in [5.74, 6) is 0. The van der Waals surface area contributed by atoms with Crippen molar-refractivity contribution in [3.05, 3.63) is 7.68 Å². The predicted molar refractivity (Wildman–Crippen MR) is 177 cm³/mol. The fourth-order valence-corrected chi connectivity index (χ4v) is 75.7. The molecule has 0 unspecified atom stereocenters. The van der Waals surface area contributed by atoms with Crippen LogP contribution in [0, 0.1) is 0 Å². The van der Waals surface area contributed by atoms with Gasteiger partial charge in [-0.05, 0) is 0 Å². The number of nitrogens with zero attached hydrogens (tertiary/aromatic N) is 1. The summed E-state index contributed by atoms with van der Waals surface area (Å²) in [4.78, 5) is 2.31. The molecule has 5 heteroatoms. The van der Waals surface area contributed by atoms with Gasteiger partial charge in [0.2, 0.25) is 0 Å². The fourth-order valence-electron chi connectivity index (χ4n) is 6.83. The SMILES string of the molecule is CCC[CH2][Sn]([CH2]CCC)([CH2]CCC)[C](=CCOC(=S)N1CCCC1)[Sn]([CH2]CCC)([CH2]CCC)[CH2]CCC.